The molecular weight excluding hydrogens is 792 g/mol. The minimum atomic E-state index is -2.10. The van der Waals surface area contributed by atoms with Crippen molar-refractivity contribution in [2.75, 3.05) is 27.4 Å². The maximum absolute atomic E-state index is 14.0. The zero-order valence-electron chi connectivity index (χ0n) is 30.9. The molecule has 11 N–H and O–H groups in total. The van der Waals surface area contributed by atoms with Crippen molar-refractivity contribution in [2.45, 2.75) is 61.4 Å². The fourth-order valence-electron chi connectivity index (χ4n) is 6.36. The molecule has 0 aliphatic carbocycles. The van der Waals surface area contributed by atoms with E-state index in [-0.39, 0.29) is 17.1 Å². The number of methoxy groups -OCH3 is 2. The second-order valence-electron chi connectivity index (χ2n) is 13.3. The van der Waals surface area contributed by atoms with Crippen LogP contribution in [0.1, 0.15) is 5.56 Å². The maximum atomic E-state index is 14.0. The molecule has 2 aliphatic heterocycles. The number of phenols is 5. The first kappa shape index (κ1) is 42.7. The molecule has 2 saturated heterocycles. The predicted octanol–water partition coefficient (Wildman–Crippen LogP) is -0.728. The second kappa shape index (κ2) is 17.5. The highest BCUT2D eigenvalue weighted by Crippen LogP contribution is 2.44. The van der Waals surface area contributed by atoms with Crippen molar-refractivity contribution in [2.24, 2.45) is 0 Å². The molecule has 3 heterocycles. The number of aliphatic hydroxyl groups excluding tert-OH is 6. The summed E-state index contributed by atoms with van der Waals surface area (Å²) >= 11 is 0. The van der Waals surface area contributed by atoms with Crippen molar-refractivity contribution in [3.63, 3.8) is 0 Å². The average molecular weight is 833 g/mol. The molecule has 21 nitrogen and oxygen atoms in total. The van der Waals surface area contributed by atoms with Crippen LogP contribution < -0.4 is 19.6 Å². The van der Waals surface area contributed by atoms with Crippen molar-refractivity contribution in [1.29, 1.82) is 0 Å². The van der Waals surface area contributed by atoms with E-state index < -0.39 is 137 Å². The first-order valence-corrected chi connectivity index (χ1v) is 17.6. The van der Waals surface area contributed by atoms with Crippen LogP contribution in [0.3, 0.4) is 0 Å². The molecule has 6 rings (SSSR count). The monoisotopic (exact) mass is 832 g/mol. The number of rotatable bonds is 12. The van der Waals surface area contributed by atoms with Gasteiger partial charge in [-0.15, -0.1) is 0 Å². The van der Waals surface area contributed by atoms with E-state index in [9.17, 15) is 65.8 Å². The highest BCUT2D eigenvalue weighted by Gasteiger charge is 2.50. The zero-order chi connectivity index (χ0) is 42.9. The van der Waals surface area contributed by atoms with Gasteiger partial charge in [0, 0.05) is 17.7 Å². The van der Waals surface area contributed by atoms with Crippen LogP contribution in [-0.4, -0.2) is 151 Å². The summed E-state index contributed by atoms with van der Waals surface area (Å²) in [6.45, 7) is -1.63. The SMILES string of the molecule is COc1cc(C=CC(=O)O[C@H]2[C@H](OC[C@H]3O[C@@H](Oc4c(-c5ccc(O)c(O)c5)oc5cc(O)c(OC)c(O)c5c4=O)[C@H](O)[C@@H](O)[C@@H]3O)O[C@H](CO)[C@@H](O)[C@@H]2O)ccc1O. The molecule has 1 aromatic heterocycles. The van der Waals surface area contributed by atoms with Crippen LogP contribution in [0, 0.1) is 0 Å². The Labute approximate surface area is 331 Å². The molecule has 10 atom stereocenters. The van der Waals surface area contributed by atoms with Gasteiger partial charge in [0.05, 0.1) is 27.4 Å². The van der Waals surface area contributed by atoms with Crippen molar-refractivity contribution in [3.8, 4) is 57.3 Å². The number of carbonyl (C=O) groups excluding carboxylic acids is 1. The molecule has 21 heteroatoms. The van der Waals surface area contributed by atoms with Gasteiger partial charge in [0.1, 0.15) is 53.7 Å². The molecule has 2 fully saturated rings. The molecule has 2 aliphatic rings. The third kappa shape index (κ3) is 8.50. The third-order valence-corrected chi connectivity index (χ3v) is 9.51. The predicted molar refractivity (Wildman–Crippen MR) is 196 cm³/mol. The standard InChI is InChI=1S/C38H40O21/c1-52-20-9-14(3-6-17(20)41)4-8-24(44)58-36-31(50)26(45)22(12-39)56-38(36)54-13-23-27(46)30(49)32(51)37(57-23)59-35-29(48)25-21(11-19(43)34(53-2)28(25)47)55-33(35)15-5-7-16(40)18(42)10-15/h3-11,22-23,26-27,30-32,36-43,45-47,49-51H,12-13H2,1-2H3/t22-,23-,26-,27-,30+,31+,32-,36-,37+,38-/m1/s1. The van der Waals surface area contributed by atoms with Crippen LogP contribution in [-0.2, 0) is 23.7 Å². The molecule has 318 valence electrons. The van der Waals surface area contributed by atoms with Crippen molar-refractivity contribution in [3.05, 3.63) is 64.3 Å². The second-order valence-corrected chi connectivity index (χ2v) is 13.3. The first-order valence-electron chi connectivity index (χ1n) is 17.6. The van der Waals surface area contributed by atoms with E-state index in [1.165, 1.54) is 37.5 Å². The van der Waals surface area contributed by atoms with Crippen molar-refractivity contribution < 1.29 is 98.5 Å². The Morgan fingerprint density at radius 2 is 1.44 bits per heavy atom. The van der Waals surface area contributed by atoms with Gasteiger partial charge in [-0.1, -0.05) is 6.07 Å². The van der Waals surface area contributed by atoms with E-state index in [1.54, 1.807) is 0 Å². The highest BCUT2D eigenvalue weighted by molar-refractivity contribution is 5.91. The van der Waals surface area contributed by atoms with Gasteiger partial charge in [0.15, 0.2) is 52.7 Å². The number of aliphatic hydroxyl groups is 6. The lowest BCUT2D eigenvalue weighted by Gasteiger charge is -2.43. The summed E-state index contributed by atoms with van der Waals surface area (Å²) < 4.78 is 44.0. The first-order chi connectivity index (χ1) is 28.1. The van der Waals surface area contributed by atoms with Crippen LogP contribution in [0.2, 0.25) is 0 Å². The normalized spacial score (nSPS) is 27.1. The molecular formula is C38H40O21. The molecule has 0 spiro atoms. The summed E-state index contributed by atoms with van der Waals surface area (Å²) in [4.78, 5) is 26.9. The quantitative estimate of drug-likeness (QED) is 0.0476. The van der Waals surface area contributed by atoms with Gasteiger partial charge in [-0.3, -0.25) is 4.79 Å². The van der Waals surface area contributed by atoms with Gasteiger partial charge in [-0.05, 0) is 42.0 Å². The van der Waals surface area contributed by atoms with Crippen LogP contribution in [0.4, 0.5) is 0 Å². The van der Waals surface area contributed by atoms with Gasteiger partial charge in [-0.25, -0.2) is 4.79 Å². The number of hydrogen-bond acceptors (Lipinski definition) is 21. The lowest BCUT2D eigenvalue weighted by Crippen LogP contribution is -2.62. The van der Waals surface area contributed by atoms with Crippen molar-refractivity contribution >= 4 is 23.0 Å². The summed E-state index contributed by atoms with van der Waals surface area (Å²) in [6, 6.07) is 8.34. The third-order valence-electron chi connectivity index (χ3n) is 9.51. The number of phenolic OH excluding ortho intramolecular Hbond substituents is 5. The number of fused-ring (bicyclic) bond motifs is 1. The molecule has 0 radical (unpaired) electrons. The van der Waals surface area contributed by atoms with E-state index in [2.05, 4.69) is 0 Å². The summed E-state index contributed by atoms with van der Waals surface area (Å²) in [5, 5.41) is 115. The average Bonchev–Trinajstić information content (AvgIpc) is 3.21. The molecule has 4 aromatic rings. The van der Waals surface area contributed by atoms with Crippen LogP contribution in [0.15, 0.2) is 57.8 Å². The van der Waals surface area contributed by atoms with Crippen LogP contribution in [0.25, 0.3) is 28.4 Å². The number of ether oxygens (including phenoxy) is 7. The summed E-state index contributed by atoms with van der Waals surface area (Å²) in [6.07, 6.45) is -16.3. The number of benzene rings is 3. The molecule has 0 bridgehead atoms. The van der Waals surface area contributed by atoms with E-state index in [4.69, 9.17) is 37.6 Å². The lowest BCUT2D eigenvalue weighted by atomic mass is 9.98. The number of aromatic hydroxyl groups is 5. The molecule has 3 aromatic carbocycles. The molecule has 0 saturated carbocycles. The van der Waals surface area contributed by atoms with Gasteiger partial charge in [0.2, 0.25) is 23.2 Å². The summed E-state index contributed by atoms with van der Waals surface area (Å²) in [5.74, 6) is -5.64. The number of hydrogen-bond donors (Lipinski definition) is 11. The smallest absolute Gasteiger partial charge is 0.331 e. The topological polar surface area (TPSA) is 334 Å². The van der Waals surface area contributed by atoms with Gasteiger partial charge < -0.3 is 93.7 Å². The van der Waals surface area contributed by atoms with Crippen LogP contribution >= 0.6 is 0 Å². The number of esters is 1. The Morgan fingerprint density at radius 3 is 2.12 bits per heavy atom. The van der Waals surface area contributed by atoms with Crippen molar-refractivity contribution in [1.82, 2.24) is 0 Å². The van der Waals surface area contributed by atoms with Gasteiger partial charge in [0.25, 0.3) is 0 Å². The Morgan fingerprint density at radius 1 is 0.746 bits per heavy atom. The van der Waals surface area contributed by atoms with E-state index in [1.807, 2.05) is 0 Å². The molecule has 0 amide bonds. The zero-order valence-corrected chi connectivity index (χ0v) is 30.9. The highest BCUT2D eigenvalue weighted by atomic mass is 16.7. The minimum Gasteiger partial charge on any atom is -0.504 e. The van der Waals surface area contributed by atoms with Gasteiger partial charge >= 0.3 is 5.97 Å². The maximum Gasteiger partial charge on any atom is 0.331 e. The number of carbonyl (C=O) groups is 1. The fraction of sp³-hybridized carbons (Fsp3) is 0.368. The Hall–Kier alpha value is -5.88. The Kier molecular flexibility index (Phi) is 12.7. The van der Waals surface area contributed by atoms with E-state index in [0.717, 1.165) is 31.4 Å². The summed E-state index contributed by atoms with van der Waals surface area (Å²) in [7, 11) is 2.42. The van der Waals surface area contributed by atoms with Gasteiger partial charge in [-0.2, -0.15) is 0 Å². The lowest BCUT2D eigenvalue weighted by molar-refractivity contribution is -0.324. The van der Waals surface area contributed by atoms with E-state index >= 15 is 0 Å². The fourth-order valence-corrected chi connectivity index (χ4v) is 6.36. The Bertz CT molecular complexity index is 2260. The minimum absolute atomic E-state index is 0.110. The molecule has 59 heavy (non-hydrogen) atoms. The van der Waals surface area contributed by atoms with Crippen LogP contribution in [0.5, 0.6) is 46.0 Å². The molecule has 0 unspecified atom stereocenters. The largest absolute Gasteiger partial charge is 0.504 e. The Balaban J connectivity index is 1.27. The van der Waals surface area contributed by atoms with E-state index in [0.29, 0.717) is 5.56 Å². The summed E-state index contributed by atoms with van der Waals surface area (Å²) in [5.41, 5.74) is -1.26.